The van der Waals surface area contributed by atoms with Crippen LogP contribution in [0.15, 0.2) is 24.3 Å². The summed E-state index contributed by atoms with van der Waals surface area (Å²) < 4.78 is 17.7. The van der Waals surface area contributed by atoms with E-state index in [-0.39, 0.29) is 30.2 Å². The monoisotopic (exact) mass is 265 g/mol. The number of hydrogen-bond acceptors (Lipinski definition) is 3. The molecule has 1 amide bonds. The molecule has 1 atom stereocenters. The van der Waals surface area contributed by atoms with E-state index in [1.165, 1.54) is 12.1 Å². The Labute approximate surface area is 110 Å². The van der Waals surface area contributed by atoms with Crippen LogP contribution < -0.4 is 5.32 Å². The van der Waals surface area contributed by atoms with Crippen LogP contribution in [0.25, 0.3) is 0 Å². The van der Waals surface area contributed by atoms with Crippen LogP contribution >= 0.6 is 0 Å². The number of hydrogen-bond donors (Lipinski definition) is 1. The van der Waals surface area contributed by atoms with Crippen LogP contribution in [-0.4, -0.2) is 18.0 Å². The Morgan fingerprint density at radius 1 is 1.37 bits per heavy atom. The van der Waals surface area contributed by atoms with Crippen LogP contribution in [0.5, 0.6) is 0 Å². The van der Waals surface area contributed by atoms with Crippen LogP contribution in [0.2, 0.25) is 0 Å². The minimum Gasteiger partial charge on any atom is -0.452 e. The summed E-state index contributed by atoms with van der Waals surface area (Å²) in [5.41, 5.74) is 0.787. The van der Waals surface area contributed by atoms with Gasteiger partial charge in [0.25, 0.3) is 5.91 Å². The van der Waals surface area contributed by atoms with Gasteiger partial charge in [0.15, 0.2) is 6.10 Å². The van der Waals surface area contributed by atoms with Crippen LogP contribution in [0.3, 0.4) is 0 Å². The van der Waals surface area contributed by atoms with Gasteiger partial charge in [-0.05, 0) is 37.5 Å². The second-order valence-corrected chi connectivity index (χ2v) is 4.70. The number of esters is 1. The van der Waals surface area contributed by atoms with E-state index >= 15 is 0 Å². The number of halogens is 1. The highest BCUT2D eigenvalue weighted by atomic mass is 19.1. The third-order valence-electron chi connectivity index (χ3n) is 2.95. The smallest absolute Gasteiger partial charge is 0.309 e. The third kappa shape index (κ3) is 4.05. The van der Waals surface area contributed by atoms with Crippen molar-refractivity contribution < 1.29 is 18.7 Å². The van der Waals surface area contributed by atoms with Gasteiger partial charge in [0.1, 0.15) is 5.82 Å². The molecule has 102 valence electrons. The summed E-state index contributed by atoms with van der Waals surface area (Å²) in [7, 11) is 0. The van der Waals surface area contributed by atoms with Crippen LogP contribution in [0, 0.1) is 11.7 Å². The van der Waals surface area contributed by atoms with Crippen LogP contribution in [0.1, 0.15) is 25.3 Å². The molecule has 1 saturated carbocycles. The standard InChI is InChI=1S/C14H16FNO3/c1-9(19-14(18)11-4-5-11)13(17)16-8-10-2-6-12(15)7-3-10/h2-3,6-7,9,11H,4-5,8H2,1H3,(H,16,17)/t9-/m1/s1. The van der Waals surface area contributed by atoms with E-state index in [0.717, 1.165) is 18.4 Å². The fraction of sp³-hybridized carbons (Fsp3) is 0.429. The maximum absolute atomic E-state index is 12.7. The molecule has 0 bridgehead atoms. The van der Waals surface area contributed by atoms with Gasteiger partial charge in [-0.3, -0.25) is 9.59 Å². The predicted octanol–water partition coefficient (Wildman–Crippen LogP) is 1.78. The molecule has 0 saturated heterocycles. The van der Waals surface area contributed by atoms with Gasteiger partial charge < -0.3 is 10.1 Å². The number of ether oxygens (including phenoxy) is 1. The van der Waals surface area contributed by atoms with Gasteiger partial charge in [-0.1, -0.05) is 12.1 Å². The lowest BCUT2D eigenvalue weighted by molar-refractivity contribution is -0.156. The summed E-state index contributed by atoms with van der Waals surface area (Å²) in [5.74, 6) is -0.989. The fourth-order valence-corrected chi connectivity index (χ4v) is 1.58. The minimum atomic E-state index is -0.798. The van der Waals surface area contributed by atoms with Crippen molar-refractivity contribution in [1.82, 2.24) is 5.32 Å². The summed E-state index contributed by atoms with van der Waals surface area (Å²) in [5, 5.41) is 2.64. The van der Waals surface area contributed by atoms with Gasteiger partial charge in [0.05, 0.1) is 5.92 Å². The normalized spacial score (nSPS) is 15.7. The van der Waals surface area contributed by atoms with Gasteiger partial charge in [-0.15, -0.1) is 0 Å². The lowest BCUT2D eigenvalue weighted by Gasteiger charge is -2.13. The Bertz CT molecular complexity index is 468. The van der Waals surface area contributed by atoms with E-state index in [4.69, 9.17) is 4.74 Å². The average Bonchev–Trinajstić information content (AvgIpc) is 3.21. The molecule has 1 aromatic rings. The predicted molar refractivity (Wildman–Crippen MR) is 66.5 cm³/mol. The lowest BCUT2D eigenvalue weighted by atomic mass is 10.2. The molecule has 1 aliphatic rings. The summed E-state index contributed by atoms with van der Waals surface area (Å²) in [6.45, 7) is 1.82. The molecule has 4 nitrogen and oxygen atoms in total. The molecule has 2 rings (SSSR count). The third-order valence-corrected chi connectivity index (χ3v) is 2.95. The van der Waals surface area contributed by atoms with Crippen LogP contribution in [-0.2, 0) is 20.9 Å². The zero-order valence-electron chi connectivity index (χ0n) is 10.7. The number of carbonyl (C=O) groups is 2. The summed E-state index contributed by atoms with van der Waals surface area (Å²) >= 11 is 0. The molecule has 0 spiro atoms. The van der Waals surface area contributed by atoms with E-state index in [1.54, 1.807) is 19.1 Å². The van der Waals surface area contributed by atoms with Crippen molar-refractivity contribution in [3.63, 3.8) is 0 Å². The zero-order chi connectivity index (χ0) is 13.8. The van der Waals surface area contributed by atoms with Gasteiger partial charge >= 0.3 is 5.97 Å². The van der Waals surface area contributed by atoms with Crippen molar-refractivity contribution in [2.45, 2.75) is 32.4 Å². The Morgan fingerprint density at radius 2 is 2.00 bits per heavy atom. The summed E-state index contributed by atoms with van der Waals surface area (Å²) in [4.78, 5) is 23.1. The first kappa shape index (κ1) is 13.5. The van der Waals surface area contributed by atoms with Gasteiger partial charge in [-0.25, -0.2) is 4.39 Å². The average molecular weight is 265 g/mol. The molecule has 5 heteroatoms. The van der Waals surface area contributed by atoms with Crippen molar-refractivity contribution in [1.29, 1.82) is 0 Å². The molecular weight excluding hydrogens is 249 g/mol. The van der Waals surface area contributed by atoms with Crippen molar-refractivity contribution >= 4 is 11.9 Å². The molecule has 0 aromatic heterocycles. The Balaban J connectivity index is 1.76. The largest absolute Gasteiger partial charge is 0.452 e. The van der Waals surface area contributed by atoms with E-state index in [9.17, 15) is 14.0 Å². The van der Waals surface area contributed by atoms with Crippen molar-refractivity contribution in [2.75, 3.05) is 0 Å². The number of benzene rings is 1. The Hall–Kier alpha value is -1.91. The first-order valence-electron chi connectivity index (χ1n) is 6.29. The molecule has 19 heavy (non-hydrogen) atoms. The van der Waals surface area contributed by atoms with Gasteiger partial charge in [0.2, 0.25) is 0 Å². The molecule has 1 N–H and O–H groups in total. The van der Waals surface area contributed by atoms with Crippen LogP contribution in [0.4, 0.5) is 4.39 Å². The fourth-order valence-electron chi connectivity index (χ4n) is 1.58. The molecule has 0 unspecified atom stereocenters. The highest BCUT2D eigenvalue weighted by Gasteiger charge is 2.33. The second kappa shape index (κ2) is 5.82. The van der Waals surface area contributed by atoms with E-state index < -0.39 is 6.10 Å². The topological polar surface area (TPSA) is 55.4 Å². The molecule has 0 heterocycles. The first-order chi connectivity index (χ1) is 9.06. The number of nitrogens with one attached hydrogen (secondary N) is 1. The van der Waals surface area contributed by atoms with E-state index in [1.807, 2.05) is 0 Å². The SMILES string of the molecule is C[C@@H](OC(=O)C1CC1)C(=O)NCc1ccc(F)cc1. The molecule has 1 aromatic carbocycles. The van der Waals surface area contributed by atoms with Crippen molar-refractivity contribution in [3.8, 4) is 0 Å². The van der Waals surface area contributed by atoms with E-state index in [0.29, 0.717) is 0 Å². The Morgan fingerprint density at radius 3 is 2.58 bits per heavy atom. The first-order valence-corrected chi connectivity index (χ1v) is 6.29. The molecular formula is C14H16FNO3. The molecule has 1 fully saturated rings. The zero-order valence-corrected chi connectivity index (χ0v) is 10.7. The minimum absolute atomic E-state index is 0.0210. The molecule has 0 aliphatic heterocycles. The van der Waals surface area contributed by atoms with Gasteiger partial charge in [-0.2, -0.15) is 0 Å². The summed E-state index contributed by atoms with van der Waals surface area (Å²) in [6, 6.07) is 5.85. The Kier molecular flexibility index (Phi) is 4.14. The number of amides is 1. The highest BCUT2D eigenvalue weighted by molar-refractivity contribution is 5.84. The second-order valence-electron chi connectivity index (χ2n) is 4.70. The molecule has 1 aliphatic carbocycles. The highest BCUT2D eigenvalue weighted by Crippen LogP contribution is 2.30. The van der Waals surface area contributed by atoms with Crippen molar-refractivity contribution in [3.05, 3.63) is 35.6 Å². The van der Waals surface area contributed by atoms with Crippen molar-refractivity contribution in [2.24, 2.45) is 5.92 Å². The maximum Gasteiger partial charge on any atom is 0.309 e. The maximum atomic E-state index is 12.7. The number of rotatable bonds is 5. The molecule has 0 radical (unpaired) electrons. The lowest BCUT2D eigenvalue weighted by Crippen LogP contribution is -2.35. The summed E-state index contributed by atoms with van der Waals surface area (Å²) in [6.07, 6.45) is 0.902. The number of carbonyl (C=O) groups excluding carboxylic acids is 2. The van der Waals surface area contributed by atoms with Gasteiger partial charge in [0, 0.05) is 6.54 Å². The quantitative estimate of drug-likeness (QED) is 0.826. The van der Waals surface area contributed by atoms with E-state index in [2.05, 4.69) is 5.32 Å².